The molecule has 0 fully saturated rings. The maximum Gasteiger partial charge on any atom is 0.412 e. The molecule has 0 aromatic heterocycles. The number of carbonyl (C=O) groups excluding carboxylic acids is 2. The van der Waals surface area contributed by atoms with Gasteiger partial charge in [-0.1, -0.05) is 46.3 Å². The summed E-state index contributed by atoms with van der Waals surface area (Å²) in [6, 6.07) is 20.4. The molecule has 0 unspecified atom stereocenters. The van der Waals surface area contributed by atoms with Gasteiger partial charge in [-0.2, -0.15) is 0 Å². The number of nitrogens with two attached hydrogens (primary N) is 1. The Morgan fingerprint density at radius 2 is 1.74 bits per heavy atom. The molecule has 0 radical (unpaired) electrons. The van der Waals surface area contributed by atoms with Gasteiger partial charge in [-0.25, -0.2) is 4.79 Å². The molecule has 5 N–H and O–H groups in total. The third-order valence-electron chi connectivity index (χ3n) is 4.78. The van der Waals surface area contributed by atoms with Crippen molar-refractivity contribution in [3.05, 3.63) is 95.0 Å². The number of benzene rings is 3. The van der Waals surface area contributed by atoms with E-state index in [2.05, 4.69) is 26.6 Å². The number of hydrogen-bond donors (Lipinski definition) is 4. The van der Waals surface area contributed by atoms with E-state index in [1.54, 1.807) is 60.7 Å². The molecule has 176 valence electrons. The lowest BCUT2D eigenvalue weighted by Gasteiger charge is -2.25. The maximum absolute atomic E-state index is 12.6. The van der Waals surface area contributed by atoms with Gasteiger partial charge in [0.05, 0.1) is 11.4 Å². The molecule has 2 amide bonds. The monoisotopic (exact) mass is 525 g/mol. The van der Waals surface area contributed by atoms with Crippen molar-refractivity contribution >= 4 is 45.0 Å². The smallest absolute Gasteiger partial charge is 0.412 e. The van der Waals surface area contributed by atoms with Crippen LogP contribution in [0, 0.1) is 0 Å². The van der Waals surface area contributed by atoms with Gasteiger partial charge in [0.1, 0.15) is 11.9 Å². The largest absolute Gasteiger partial charge is 0.508 e. The summed E-state index contributed by atoms with van der Waals surface area (Å²) >= 11 is 3.36. The number of rotatable bonds is 8. The number of phenolic OH excluding ortho intramolecular Hbond substituents is 1. The van der Waals surface area contributed by atoms with Crippen molar-refractivity contribution in [1.82, 2.24) is 0 Å². The third-order valence-corrected chi connectivity index (χ3v) is 5.27. The Labute approximate surface area is 205 Å². The number of ether oxygens (including phenoxy) is 2. The second kappa shape index (κ2) is 11.9. The van der Waals surface area contributed by atoms with E-state index in [0.717, 1.165) is 0 Å². The Balaban J connectivity index is 1.83. The van der Waals surface area contributed by atoms with Crippen LogP contribution in [-0.4, -0.2) is 30.3 Å². The van der Waals surface area contributed by atoms with Crippen molar-refractivity contribution in [2.45, 2.75) is 12.2 Å². The van der Waals surface area contributed by atoms with Crippen LogP contribution < -0.4 is 16.4 Å². The average Bonchev–Trinajstić information content (AvgIpc) is 2.82. The molecule has 9 heteroatoms. The van der Waals surface area contributed by atoms with Crippen LogP contribution in [0.2, 0.25) is 0 Å². The van der Waals surface area contributed by atoms with Crippen molar-refractivity contribution in [2.24, 2.45) is 0 Å². The number of aromatic hydroxyl groups is 1. The summed E-state index contributed by atoms with van der Waals surface area (Å²) in [5.41, 5.74) is 7.58. The first-order valence-electron chi connectivity index (χ1n) is 10.2. The zero-order valence-corrected chi connectivity index (χ0v) is 19.9. The minimum atomic E-state index is -1.07. The lowest BCUT2D eigenvalue weighted by atomic mass is 10.0. The van der Waals surface area contributed by atoms with Crippen molar-refractivity contribution in [1.29, 1.82) is 0 Å². The van der Waals surface area contributed by atoms with Gasteiger partial charge in [0.2, 0.25) is 5.91 Å². The molecule has 0 saturated heterocycles. The van der Waals surface area contributed by atoms with Crippen molar-refractivity contribution in [3.63, 3.8) is 0 Å². The van der Waals surface area contributed by atoms with E-state index in [4.69, 9.17) is 15.2 Å². The molecular formula is C25H24BrN3O5. The summed E-state index contributed by atoms with van der Waals surface area (Å²) in [6.07, 6.45) is -0.0405. The van der Waals surface area contributed by atoms with Crippen molar-refractivity contribution < 1.29 is 24.2 Å². The molecule has 3 rings (SSSR count). The Hall–Kier alpha value is -3.82. The van der Waals surface area contributed by atoms with Crippen LogP contribution in [0.15, 0.2) is 89.4 Å². The Kier molecular flexibility index (Phi) is 8.66. The topological polar surface area (TPSA) is 123 Å². The number of phenols is 1. The molecule has 0 bridgehead atoms. The van der Waals surface area contributed by atoms with Crippen LogP contribution in [0.3, 0.4) is 0 Å². The molecule has 0 aliphatic heterocycles. The lowest BCUT2D eigenvalue weighted by Crippen LogP contribution is -2.27. The first-order chi connectivity index (χ1) is 16.4. The van der Waals surface area contributed by atoms with E-state index in [9.17, 15) is 14.7 Å². The Bertz CT molecular complexity index is 1170. The quantitative estimate of drug-likeness (QED) is 0.235. The predicted molar refractivity (Wildman–Crippen MR) is 135 cm³/mol. The van der Waals surface area contributed by atoms with Crippen LogP contribution in [0.4, 0.5) is 21.9 Å². The first-order valence-corrected chi connectivity index (χ1v) is 11.0. The van der Waals surface area contributed by atoms with Gasteiger partial charge in [-0.05, 0) is 48.5 Å². The van der Waals surface area contributed by atoms with Crippen molar-refractivity contribution in [2.75, 3.05) is 23.5 Å². The normalized spacial score (nSPS) is 12.6. The van der Waals surface area contributed by atoms with Gasteiger partial charge in [0.25, 0.3) is 0 Å². The molecule has 3 aromatic rings. The minimum absolute atomic E-state index is 0.0994. The van der Waals surface area contributed by atoms with E-state index in [-0.39, 0.29) is 5.75 Å². The van der Waals surface area contributed by atoms with Gasteiger partial charge < -0.3 is 25.6 Å². The third kappa shape index (κ3) is 6.84. The second-order valence-corrected chi connectivity index (χ2v) is 8.07. The van der Waals surface area contributed by atoms with Gasteiger partial charge in [-0.3, -0.25) is 10.1 Å². The number of nitrogens with one attached hydrogen (secondary N) is 2. The van der Waals surface area contributed by atoms with E-state index < -0.39 is 24.2 Å². The zero-order chi connectivity index (χ0) is 24.5. The second-order valence-electron chi connectivity index (χ2n) is 7.16. The molecule has 3 aromatic carbocycles. The van der Waals surface area contributed by atoms with Crippen LogP contribution in [0.1, 0.15) is 11.7 Å². The average molecular weight is 526 g/mol. The molecule has 34 heavy (non-hydrogen) atoms. The molecular weight excluding hydrogens is 502 g/mol. The molecule has 0 aliphatic rings. The SMILES string of the molecule is CO[C@H](/C=C/C(=O)Nc1ccccc1N)[C@H](OC(=O)Nc1ccccc1)c1cc(Br)ccc1O. The minimum Gasteiger partial charge on any atom is -0.508 e. The summed E-state index contributed by atoms with van der Waals surface area (Å²) in [6.45, 7) is 0. The summed E-state index contributed by atoms with van der Waals surface area (Å²) < 4.78 is 11.8. The predicted octanol–water partition coefficient (Wildman–Crippen LogP) is 5.24. The molecule has 8 nitrogen and oxygen atoms in total. The molecule has 0 aliphatic carbocycles. The zero-order valence-electron chi connectivity index (χ0n) is 18.3. The summed E-state index contributed by atoms with van der Waals surface area (Å²) in [7, 11) is 1.41. The van der Waals surface area contributed by atoms with E-state index in [1.165, 1.54) is 25.3 Å². The number of amides is 2. The number of nitrogen functional groups attached to an aromatic ring is 1. The number of para-hydroxylation sites is 3. The van der Waals surface area contributed by atoms with Gasteiger partial charge in [-0.15, -0.1) is 0 Å². The van der Waals surface area contributed by atoms with Crippen molar-refractivity contribution in [3.8, 4) is 5.75 Å². The standard InChI is InChI=1S/C25H24BrN3O5/c1-33-22(13-14-23(31)29-20-10-6-5-9-19(20)27)24(18-15-16(26)11-12-21(18)30)34-25(32)28-17-7-3-2-4-8-17/h2-15,22,24,30H,27H2,1H3,(H,28,32)(H,29,31)/b14-13+/t22-,24-/m1/s1. The Morgan fingerprint density at radius 1 is 1.03 bits per heavy atom. The summed E-state index contributed by atoms with van der Waals surface area (Å²) in [5.74, 6) is -0.552. The Morgan fingerprint density at radius 3 is 2.44 bits per heavy atom. The number of carbonyl (C=O) groups is 2. The summed E-state index contributed by atoms with van der Waals surface area (Å²) in [4.78, 5) is 25.1. The van der Waals surface area contributed by atoms with Gasteiger partial charge in [0, 0.05) is 28.9 Å². The fraction of sp³-hybridized carbons (Fsp3) is 0.120. The first kappa shape index (κ1) is 24.8. The fourth-order valence-electron chi connectivity index (χ4n) is 3.12. The highest BCUT2D eigenvalue weighted by Crippen LogP contribution is 2.34. The molecule has 0 spiro atoms. The van der Waals surface area contributed by atoms with Crippen LogP contribution in [0.25, 0.3) is 0 Å². The molecule has 0 saturated carbocycles. The van der Waals surface area contributed by atoms with Gasteiger partial charge in [0.15, 0.2) is 6.10 Å². The van der Waals surface area contributed by atoms with Crippen LogP contribution in [-0.2, 0) is 14.3 Å². The molecule has 0 heterocycles. The van der Waals surface area contributed by atoms with E-state index in [1.807, 2.05) is 6.07 Å². The molecule has 2 atom stereocenters. The maximum atomic E-state index is 12.6. The highest BCUT2D eigenvalue weighted by atomic mass is 79.9. The lowest BCUT2D eigenvalue weighted by molar-refractivity contribution is -0.112. The number of anilines is 3. The highest BCUT2D eigenvalue weighted by Gasteiger charge is 2.28. The van der Waals surface area contributed by atoms with E-state index in [0.29, 0.717) is 27.1 Å². The number of methoxy groups -OCH3 is 1. The van der Waals surface area contributed by atoms with Crippen LogP contribution >= 0.6 is 15.9 Å². The van der Waals surface area contributed by atoms with Crippen LogP contribution in [0.5, 0.6) is 5.75 Å². The van der Waals surface area contributed by atoms with E-state index >= 15 is 0 Å². The fourth-order valence-corrected chi connectivity index (χ4v) is 3.49. The number of hydrogen-bond acceptors (Lipinski definition) is 6. The highest BCUT2D eigenvalue weighted by molar-refractivity contribution is 9.10. The van der Waals surface area contributed by atoms with Gasteiger partial charge >= 0.3 is 6.09 Å². The number of halogens is 1. The summed E-state index contributed by atoms with van der Waals surface area (Å²) in [5, 5.41) is 15.8.